The van der Waals surface area contributed by atoms with Gasteiger partial charge in [0.2, 0.25) is 0 Å². The minimum absolute atomic E-state index is 0.362. The highest BCUT2D eigenvalue weighted by Crippen LogP contribution is 2.37. The molecule has 27 heavy (non-hydrogen) atoms. The molecule has 0 atom stereocenters. The Morgan fingerprint density at radius 3 is 2.63 bits per heavy atom. The molecule has 0 saturated heterocycles. The molecule has 4 heteroatoms. The summed E-state index contributed by atoms with van der Waals surface area (Å²) in [5, 5.41) is 1.88. The van der Waals surface area contributed by atoms with Crippen LogP contribution in [0.5, 0.6) is 5.75 Å². The number of para-hydroxylation sites is 1. The molecule has 0 bridgehead atoms. The fourth-order valence-electron chi connectivity index (χ4n) is 4.03. The molecule has 1 aliphatic rings. The molecule has 0 saturated carbocycles. The van der Waals surface area contributed by atoms with Crippen LogP contribution in [0.1, 0.15) is 30.9 Å². The Kier molecular flexibility index (Phi) is 3.78. The van der Waals surface area contributed by atoms with Gasteiger partial charge < -0.3 is 13.6 Å². The van der Waals surface area contributed by atoms with Crippen LogP contribution in [0.3, 0.4) is 0 Å². The van der Waals surface area contributed by atoms with Gasteiger partial charge in [0.05, 0.1) is 6.61 Å². The zero-order valence-corrected chi connectivity index (χ0v) is 15.2. The Morgan fingerprint density at radius 1 is 1.00 bits per heavy atom. The maximum Gasteiger partial charge on any atom is 0.336 e. The minimum atomic E-state index is -0.362. The second-order valence-electron chi connectivity index (χ2n) is 7.02. The molecule has 0 amide bonds. The highest BCUT2D eigenvalue weighted by atomic mass is 16.5. The summed E-state index contributed by atoms with van der Waals surface area (Å²) in [6, 6.07) is 13.5. The van der Waals surface area contributed by atoms with E-state index in [0.717, 1.165) is 29.2 Å². The number of benzene rings is 2. The van der Waals surface area contributed by atoms with E-state index in [0.29, 0.717) is 29.3 Å². The van der Waals surface area contributed by atoms with Crippen LogP contribution in [-0.4, -0.2) is 6.61 Å². The molecule has 2 aromatic heterocycles. The van der Waals surface area contributed by atoms with Gasteiger partial charge in [0.25, 0.3) is 0 Å². The number of hydrogen-bond acceptors (Lipinski definition) is 4. The van der Waals surface area contributed by atoms with Gasteiger partial charge in [0.1, 0.15) is 11.3 Å². The molecule has 0 N–H and O–H groups in total. The Balaban J connectivity index is 1.76. The van der Waals surface area contributed by atoms with Crippen molar-refractivity contribution in [3.8, 4) is 17.1 Å². The van der Waals surface area contributed by atoms with Crippen molar-refractivity contribution in [2.75, 3.05) is 6.61 Å². The Labute approximate surface area is 156 Å². The summed E-state index contributed by atoms with van der Waals surface area (Å²) in [5.41, 5.74) is 4.37. The van der Waals surface area contributed by atoms with Gasteiger partial charge in [0.15, 0.2) is 11.3 Å². The first-order valence-corrected chi connectivity index (χ1v) is 9.48. The van der Waals surface area contributed by atoms with E-state index in [1.54, 1.807) is 0 Å². The third-order valence-corrected chi connectivity index (χ3v) is 5.28. The van der Waals surface area contributed by atoms with Crippen molar-refractivity contribution in [1.29, 1.82) is 0 Å². The zero-order chi connectivity index (χ0) is 18.4. The number of hydrogen-bond donors (Lipinski definition) is 0. The van der Waals surface area contributed by atoms with Gasteiger partial charge in [-0.15, -0.1) is 0 Å². The van der Waals surface area contributed by atoms with E-state index in [4.69, 9.17) is 13.6 Å². The SMILES string of the molecule is CCOc1cccc2cc(-c3cc(=O)oc4cc5c(cc34)CCCC5)oc12. The summed E-state index contributed by atoms with van der Waals surface area (Å²) in [7, 11) is 0. The molecule has 0 unspecified atom stereocenters. The predicted octanol–water partition coefficient (Wildman–Crippen LogP) is 5.48. The number of aryl methyl sites for hydroxylation is 2. The second-order valence-corrected chi connectivity index (χ2v) is 7.02. The molecule has 5 rings (SSSR count). The van der Waals surface area contributed by atoms with Crippen LogP contribution in [0, 0.1) is 0 Å². The molecule has 2 aromatic carbocycles. The maximum atomic E-state index is 12.2. The van der Waals surface area contributed by atoms with E-state index >= 15 is 0 Å². The van der Waals surface area contributed by atoms with E-state index in [2.05, 4.69) is 6.07 Å². The molecule has 0 spiro atoms. The summed E-state index contributed by atoms with van der Waals surface area (Å²) in [6.07, 6.45) is 4.50. The van der Waals surface area contributed by atoms with Gasteiger partial charge in [-0.3, -0.25) is 0 Å². The average Bonchev–Trinajstić information content (AvgIpc) is 3.11. The Bertz CT molecular complexity index is 1210. The Morgan fingerprint density at radius 2 is 1.81 bits per heavy atom. The number of ether oxygens (including phenoxy) is 1. The molecule has 136 valence electrons. The van der Waals surface area contributed by atoms with Crippen LogP contribution in [0.2, 0.25) is 0 Å². The maximum absolute atomic E-state index is 12.2. The first-order valence-electron chi connectivity index (χ1n) is 9.48. The van der Waals surface area contributed by atoms with E-state index in [1.807, 2.05) is 37.3 Å². The van der Waals surface area contributed by atoms with Crippen LogP contribution < -0.4 is 10.4 Å². The lowest BCUT2D eigenvalue weighted by atomic mass is 9.89. The van der Waals surface area contributed by atoms with Crippen molar-refractivity contribution >= 4 is 21.9 Å². The topological polar surface area (TPSA) is 52.6 Å². The van der Waals surface area contributed by atoms with Crippen molar-refractivity contribution in [3.05, 3.63) is 64.0 Å². The molecular formula is C23H20O4. The van der Waals surface area contributed by atoms with Crippen LogP contribution in [0.25, 0.3) is 33.3 Å². The minimum Gasteiger partial charge on any atom is -0.490 e. The fraction of sp³-hybridized carbons (Fsp3) is 0.261. The fourth-order valence-corrected chi connectivity index (χ4v) is 4.03. The standard InChI is InChI=1S/C23H20O4/c1-2-25-19-9-5-8-16-12-21(27-23(16)19)18-13-22(24)26-20-11-15-7-4-3-6-14(15)10-17(18)20/h5,8-13H,2-4,6-7H2,1H3. The molecule has 0 fully saturated rings. The summed E-state index contributed by atoms with van der Waals surface area (Å²) in [5.74, 6) is 1.37. The lowest BCUT2D eigenvalue weighted by molar-refractivity contribution is 0.339. The predicted molar refractivity (Wildman–Crippen MR) is 106 cm³/mol. The van der Waals surface area contributed by atoms with Gasteiger partial charge >= 0.3 is 5.63 Å². The zero-order valence-electron chi connectivity index (χ0n) is 15.2. The van der Waals surface area contributed by atoms with Crippen molar-refractivity contribution in [3.63, 3.8) is 0 Å². The van der Waals surface area contributed by atoms with E-state index in [-0.39, 0.29) is 5.63 Å². The second kappa shape index (κ2) is 6.31. The number of rotatable bonds is 3. The molecule has 2 heterocycles. The Hall–Kier alpha value is -3.01. The van der Waals surface area contributed by atoms with Gasteiger partial charge in [-0.05, 0) is 68.0 Å². The van der Waals surface area contributed by atoms with Gasteiger partial charge in [-0.1, -0.05) is 12.1 Å². The summed E-state index contributed by atoms with van der Waals surface area (Å²) in [4.78, 5) is 12.2. The van der Waals surface area contributed by atoms with Crippen LogP contribution in [0.4, 0.5) is 0 Å². The molecule has 4 aromatic rings. The van der Waals surface area contributed by atoms with Crippen LogP contribution >= 0.6 is 0 Å². The first-order chi connectivity index (χ1) is 13.2. The normalized spacial score (nSPS) is 13.8. The number of fused-ring (bicyclic) bond motifs is 3. The van der Waals surface area contributed by atoms with E-state index in [9.17, 15) is 4.79 Å². The van der Waals surface area contributed by atoms with E-state index < -0.39 is 0 Å². The van der Waals surface area contributed by atoms with E-state index in [1.165, 1.54) is 30.0 Å². The van der Waals surface area contributed by atoms with Crippen molar-refractivity contribution in [2.45, 2.75) is 32.6 Å². The lowest BCUT2D eigenvalue weighted by Gasteiger charge is -2.16. The largest absolute Gasteiger partial charge is 0.490 e. The van der Waals surface area contributed by atoms with Crippen LogP contribution in [0.15, 0.2) is 56.1 Å². The van der Waals surface area contributed by atoms with Crippen LogP contribution in [-0.2, 0) is 12.8 Å². The molecule has 4 nitrogen and oxygen atoms in total. The quantitative estimate of drug-likeness (QED) is 0.454. The molecule has 1 aliphatic carbocycles. The molecule has 0 radical (unpaired) electrons. The number of furan rings is 1. The van der Waals surface area contributed by atoms with Gasteiger partial charge in [0, 0.05) is 22.4 Å². The first kappa shape index (κ1) is 16.2. The van der Waals surface area contributed by atoms with Gasteiger partial charge in [-0.25, -0.2) is 4.79 Å². The third kappa shape index (κ3) is 2.72. The lowest BCUT2D eigenvalue weighted by Crippen LogP contribution is -2.04. The smallest absolute Gasteiger partial charge is 0.336 e. The van der Waals surface area contributed by atoms with Crippen molar-refractivity contribution in [2.24, 2.45) is 0 Å². The molecular weight excluding hydrogens is 340 g/mol. The monoisotopic (exact) mass is 360 g/mol. The summed E-state index contributed by atoms with van der Waals surface area (Å²) in [6.45, 7) is 2.51. The average molecular weight is 360 g/mol. The summed E-state index contributed by atoms with van der Waals surface area (Å²) < 4.78 is 17.3. The van der Waals surface area contributed by atoms with Gasteiger partial charge in [-0.2, -0.15) is 0 Å². The molecule has 0 aliphatic heterocycles. The summed E-state index contributed by atoms with van der Waals surface area (Å²) >= 11 is 0. The van der Waals surface area contributed by atoms with Crippen molar-refractivity contribution < 1.29 is 13.6 Å². The highest BCUT2D eigenvalue weighted by Gasteiger charge is 2.18. The third-order valence-electron chi connectivity index (χ3n) is 5.28. The van der Waals surface area contributed by atoms with Crippen molar-refractivity contribution in [1.82, 2.24) is 0 Å². The highest BCUT2D eigenvalue weighted by molar-refractivity contribution is 5.96.